The fourth-order valence-corrected chi connectivity index (χ4v) is 1.25. The van der Waals surface area contributed by atoms with E-state index in [1.165, 1.54) is 12.4 Å². The number of nitrogens with zero attached hydrogens (tertiary/aromatic N) is 2. The lowest BCUT2D eigenvalue weighted by atomic mass is 10.0. The number of rotatable bonds is 5. The minimum atomic E-state index is -0.866. The van der Waals surface area contributed by atoms with Crippen molar-refractivity contribution in [2.75, 3.05) is 5.32 Å². The van der Waals surface area contributed by atoms with Crippen molar-refractivity contribution in [1.82, 2.24) is 9.97 Å². The molecule has 0 spiro atoms. The van der Waals surface area contributed by atoms with Gasteiger partial charge in [0.15, 0.2) is 0 Å². The Morgan fingerprint density at radius 1 is 1.53 bits per heavy atom. The molecule has 0 radical (unpaired) electrons. The van der Waals surface area contributed by atoms with Crippen molar-refractivity contribution in [1.29, 1.82) is 0 Å². The molecule has 15 heavy (non-hydrogen) atoms. The van der Waals surface area contributed by atoms with Crippen molar-refractivity contribution >= 4 is 11.8 Å². The van der Waals surface area contributed by atoms with E-state index in [1.807, 2.05) is 13.8 Å². The predicted octanol–water partition coefficient (Wildman–Crippen LogP) is 1.39. The van der Waals surface area contributed by atoms with Crippen LogP contribution in [-0.4, -0.2) is 27.1 Å². The van der Waals surface area contributed by atoms with Crippen LogP contribution in [0.4, 0.5) is 5.82 Å². The summed E-state index contributed by atoms with van der Waals surface area (Å²) in [4.78, 5) is 18.8. The minimum Gasteiger partial charge on any atom is -0.480 e. The molecule has 0 aliphatic heterocycles. The largest absolute Gasteiger partial charge is 0.480 e. The highest BCUT2D eigenvalue weighted by Gasteiger charge is 2.18. The second kappa shape index (κ2) is 5.29. The Morgan fingerprint density at radius 3 is 2.73 bits per heavy atom. The van der Waals surface area contributed by atoms with Gasteiger partial charge in [-0.1, -0.05) is 13.8 Å². The second-order valence-corrected chi connectivity index (χ2v) is 3.76. The Morgan fingerprint density at radius 2 is 2.27 bits per heavy atom. The normalized spacial score (nSPS) is 12.5. The number of nitrogens with one attached hydrogen (secondary N) is 1. The van der Waals surface area contributed by atoms with E-state index in [0.717, 1.165) is 0 Å². The molecule has 0 aromatic carbocycles. The topological polar surface area (TPSA) is 75.1 Å². The van der Waals surface area contributed by atoms with E-state index in [9.17, 15) is 4.79 Å². The zero-order valence-electron chi connectivity index (χ0n) is 8.84. The third kappa shape index (κ3) is 3.93. The van der Waals surface area contributed by atoms with Crippen LogP contribution in [0.5, 0.6) is 0 Å². The van der Waals surface area contributed by atoms with Crippen LogP contribution in [-0.2, 0) is 4.79 Å². The van der Waals surface area contributed by atoms with Gasteiger partial charge < -0.3 is 10.4 Å². The highest BCUT2D eigenvalue weighted by Crippen LogP contribution is 2.10. The lowest BCUT2D eigenvalue weighted by Gasteiger charge is -2.16. The monoisotopic (exact) mass is 209 g/mol. The van der Waals surface area contributed by atoms with E-state index < -0.39 is 12.0 Å². The Labute approximate surface area is 88.6 Å². The van der Waals surface area contributed by atoms with Gasteiger partial charge in [0.05, 0.1) is 6.20 Å². The fourth-order valence-electron chi connectivity index (χ4n) is 1.25. The summed E-state index contributed by atoms with van der Waals surface area (Å²) in [5, 5.41) is 11.8. The smallest absolute Gasteiger partial charge is 0.326 e. The number of aliphatic carboxylic acids is 1. The van der Waals surface area contributed by atoms with Crippen molar-refractivity contribution in [3.05, 3.63) is 18.6 Å². The van der Waals surface area contributed by atoms with Crippen molar-refractivity contribution < 1.29 is 9.90 Å². The zero-order valence-corrected chi connectivity index (χ0v) is 8.84. The van der Waals surface area contributed by atoms with Crippen LogP contribution >= 0.6 is 0 Å². The maximum atomic E-state index is 10.9. The molecule has 1 heterocycles. The van der Waals surface area contributed by atoms with E-state index >= 15 is 0 Å². The van der Waals surface area contributed by atoms with Crippen molar-refractivity contribution in [2.45, 2.75) is 26.3 Å². The molecule has 5 heteroatoms. The summed E-state index contributed by atoms with van der Waals surface area (Å²) >= 11 is 0. The molecule has 82 valence electrons. The van der Waals surface area contributed by atoms with Gasteiger partial charge in [-0.15, -0.1) is 0 Å². The molecule has 1 aromatic heterocycles. The summed E-state index contributed by atoms with van der Waals surface area (Å²) in [5.74, 6) is -0.0600. The van der Waals surface area contributed by atoms with Gasteiger partial charge in [-0.05, 0) is 12.3 Å². The Bertz CT molecular complexity index is 314. The fraction of sp³-hybridized carbons (Fsp3) is 0.500. The SMILES string of the molecule is CC(C)CC(Nc1cnccn1)C(=O)O. The molecule has 0 fully saturated rings. The Hall–Kier alpha value is -1.65. The maximum Gasteiger partial charge on any atom is 0.326 e. The molecular weight excluding hydrogens is 194 g/mol. The van der Waals surface area contributed by atoms with Crippen LogP contribution in [0.3, 0.4) is 0 Å². The summed E-state index contributed by atoms with van der Waals surface area (Å²) in [6.45, 7) is 3.96. The van der Waals surface area contributed by atoms with Gasteiger partial charge in [-0.3, -0.25) is 4.98 Å². The predicted molar refractivity (Wildman–Crippen MR) is 56.5 cm³/mol. The number of anilines is 1. The highest BCUT2D eigenvalue weighted by atomic mass is 16.4. The van der Waals surface area contributed by atoms with Crippen molar-refractivity contribution in [3.8, 4) is 0 Å². The molecule has 1 rings (SSSR count). The van der Waals surface area contributed by atoms with Crippen LogP contribution in [0.2, 0.25) is 0 Å². The summed E-state index contributed by atoms with van der Waals surface area (Å²) in [6, 6.07) is -0.610. The zero-order chi connectivity index (χ0) is 11.3. The first-order valence-corrected chi connectivity index (χ1v) is 4.85. The number of carboxylic acid groups (broad SMARTS) is 1. The lowest BCUT2D eigenvalue weighted by molar-refractivity contribution is -0.138. The number of hydrogen-bond acceptors (Lipinski definition) is 4. The molecule has 5 nitrogen and oxygen atoms in total. The van der Waals surface area contributed by atoms with Gasteiger partial charge in [-0.2, -0.15) is 0 Å². The summed E-state index contributed by atoms with van der Waals surface area (Å²) in [6.07, 6.45) is 5.14. The molecule has 0 saturated heterocycles. The quantitative estimate of drug-likeness (QED) is 0.766. The van der Waals surface area contributed by atoms with Gasteiger partial charge in [0.25, 0.3) is 0 Å². The van der Waals surface area contributed by atoms with Gasteiger partial charge in [-0.25, -0.2) is 9.78 Å². The van der Waals surface area contributed by atoms with Crippen molar-refractivity contribution in [2.24, 2.45) is 5.92 Å². The first-order chi connectivity index (χ1) is 7.09. The molecule has 0 aliphatic rings. The third-order valence-corrected chi connectivity index (χ3v) is 1.89. The molecule has 1 aromatic rings. The first-order valence-electron chi connectivity index (χ1n) is 4.85. The average molecular weight is 209 g/mol. The van der Waals surface area contributed by atoms with E-state index in [1.54, 1.807) is 6.20 Å². The van der Waals surface area contributed by atoms with E-state index in [2.05, 4.69) is 15.3 Å². The van der Waals surface area contributed by atoms with Crippen LogP contribution in [0, 0.1) is 5.92 Å². The molecule has 2 N–H and O–H groups in total. The van der Waals surface area contributed by atoms with E-state index in [0.29, 0.717) is 18.2 Å². The molecule has 0 aliphatic carbocycles. The lowest BCUT2D eigenvalue weighted by Crippen LogP contribution is -2.31. The molecule has 0 amide bonds. The second-order valence-electron chi connectivity index (χ2n) is 3.76. The molecular formula is C10H15N3O2. The van der Waals surface area contributed by atoms with Gasteiger partial charge in [0, 0.05) is 12.4 Å². The van der Waals surface area contributed by atoms with E-state index in [4.69, 9.17) is 5.11 Å². The number of carbonyl (C=O) groups is 1. The molecule has 1 atom stereocenters. The summed E-state index contributed by atoms with van der Waals surface area (Å²) in [5.41, 5.74) is 0. The Kier molecular flexibility index (Phi) is 4.03. The average Bonchev–Trinajstić information content (AvgIpc) is 2.17. The van der Waals surface area contributed by atoms with Gasteiger partial charge >= 0.3 is 5.97 Å². The molecule has 0 saturated carbocycles. The maximum absolute atomic E-state index is 10.9. The Balaban J connectivity index is 2.63. The highest BCUT2D eigenvalue weighted by molar-refractivity contribution is 5.76. The number of aromatic nitrogens is 2. The van der Waals surface area contributed by atoms with Gasteiger partial charge in [0.1, 0.15) is 11.9 Å². The molecule has 0 bridgehead atoms. The van der Waals surface area contributed by atoms with E-state index in [-0.39, 0.29) is 0 Å². The first kappa shape index (κ1) is 11.4. The van der Waals surface area contributed by atoms with Crippen LogP contribution < -0.4 is 5.32 Å². The molecule has 1 unspecified atom stereocenters. The van der Waals surface area contributed by atoms with Crippen LogP contribution in [0.15, 0.2) is 18.6 Å². The number of carboxylic acids is 1. The standard InChI is InChI=1S/C10H15N3O2/c1-7(2)5-8(10(14)15)13-9-6-11-3-4-12-9/h3-4,6-8H,5H2,1-2H3,(H,12,13)(H,14,15). The van der Waals surface area contributed by atoms with Crippen LogP contribution in [0.25, 0.3) is 0 Å². The summed E-state index contributed by atoms with van der Waals surface area (Å²) in [7, 11) is 0. The minimum absolute atomic E-state index is 0.315. The van der Waals surface area contributed by atoms with Gasteiger partial charge in [0.2, 0.25) is 0 Å². The third-order valence-electron chi connectivity index (χ3n) is 1.89. The number of hydrogen-bond donors (Lipinski definition) is 2. The summed E-state index contributed by atoms with van der Waals surface area (Å²) < 4.78 is 0. The van der Waals surface area contributed by atoms with Crippen LogP contribution in [0.1, 0.15) is 20.3 Å². The van der Waals surface area contributed by atoms with Crippen molar-refractivity contribution in [3.63, 3.8) is 0 Å².